The van der Waals surface area contributed by atoms with Gasteiger partial charge in [-0.2, -0.15) is 0 Å². The van der Waals surface area contributed by atoms with Crippen LogP contribution in [0, 0.1) is 17.8 Å². The molecule has 2 fully saturated rings. The Morgan fingerprint density at radius 1 is 0.848 bits per heavy atom. The molecule has 0 aliphatic carbocycles. The molecule has 3 aliphatic rings. The van der Waals surface area contributed by atoms with E-state index >= 15 is 14.4 Å². The van der Waals surface area contributed by atoms with Crippen LogP contribution in [0.15, 0.2) is 158 Å². The standard InChI is InChI=1S/C54H48N6O6/c1-59(34-36-14-5-2-6-15-36)29-13-16-35-23-28-42-41(32-35)54(53(64)58-42)46(51(62)55-33-45-56-43-21-11-12-22-44(43)57-45)48-52(63)66-49(38-19-9-4-10-20-38)47(37-17-7-3-8-18-37)60(48)50(54)39-24-26-40(27-25-39)65-31-30-61/h2-12,14-15,17-28,32,46-50,61H,29-31,33-34H2,1H3,(H,55,62)(H,56,57)(H,58,64). The number of carbonyl (C=O) groups is 3. The molecule has 6 atom stereocenters. The molecule has 2 saturated heterocycles. The number of imidazole rings is 1. The van der Waals surface area contributed by atoms with E-state index in [-0.39, 0.29) is 19.8 Å². The van der Waals surface area contributed by atoms with Crippen LogP contribution in [0.3, 0.4) is 0 Å². The van der Waals surface area contributed by atoms with Crippen molar-refractivity contribution in [2.75, 3.05) is 32.1 Å². The number of aromatic amines is 1. The Morgan fingerprint density at radius 2 is 1.55 bits per heavy atom. The summed E-state index contributed by atoms with van der Waals surface area (Å²) in [6, 6.07) is 47.3. The molecule has 0 radical (unpaired) electrons. The summed E-state index contributed by atoms with van der Waals surface area (Å²) in [4.78, 5) is 58.5. The summed E-state index contributed by atoms with van der Waals surface area (Å²) in [6.45, 7) is 1.14. The molecule has 2 amide bonds. The molecule has 7 aromatic rings. The second-order valence-corrected chi connectivity index (χ2v) is 17.0. The topological polar surface area (TPSA) is 149 Å². The number of fused-ring (bicyclic) bond motifs is 4. The third-order valence-electron chi connectivity index (χ3n) is 12.9. The van der Waals surface area contributed by atoms with E-state index in [1.807, 2.05) is 141 Å². The molecule has 1 spiro atoms. The molecule has 1 aromatic heterocycles. The number of rotatable bonds is 12. The zero-order chi connectivity index (χ0) is 45.2. The number of amides is 2. The zero-order valence-electron chi connectivity index (χ0n) is 36.3. The van der Waals surface area contributed by atoms with Gasteiger partial charge in [0.15, 0.2) is 0 Å². The smallest absolute Gasteiger partial charge is 0.324 e. The largest absolute Gasteiger partial charge is 0.491 e. The number of aromatic nitrogens is 2. The minimum absolute atomic E-state index is 0.00860. The van der Waals surface area contributed by atoms with Gasteiger partial charge in [0.25, 0.3) is 0 Å². The molecule has 6 unspecified atom stereocenters. The van der Waals surface area contributed by atoms with Crippen LogP contribution in [0.1, 0.15) is 57.4 Å². The number of H-pyrrole nitrogens is 1. The lowest BCUT2D eigenvalue weighted by atomic mass is 9.65. The minimum Gasteiger partial charge on any atom is -0.491 e. The van der Waals surface area contributed by atoms with Crippen LogP contribution >= 0.6 is 0 Å². The highest BCUT2D eigenvalue weighted by atomic mass is 16.6. The van der Waals surface area contributed by atoms with Crippen LogP contribution in [0.4, 0.5) is 5.69 Å². The Balaban J connectivity index is 1.15. The molecule has 4 N–H and O–H groups in total. The lowest BCUT2D eigenvalue weighted by Crippen LogP contribution is -2.54. The number of hydrogen-bond acceptors (Lipinski definition) is 9. The molecule has 10 rings (SSSR count). The summed E-state index contributed by atoms with van der Waals surface area (Å²) in [5, 5.41) is 15.8. The number of benzene rings is 6. The van der Waals surface area contributed by atoms with E-state index in [0.29, 0.717) is 40.5 Å². The first-order chi connectivity index (χ1) is 32.3. The fourth-order valence-electron chi connectivity index (χ4n) is 10.2. The minimum atomic E-state index is -1.70. The summed E-state index contributed by atoms with van der Waals surface area (Å²) in [6.07, 6.45) is -0.810. The summed E-state index contributed by atoms with van der Waals surface area (Å²) in [7, 11) is 2.01. The number of aliphatic hydroxyl groups excluding tert-OH is 1. The molecular weight excluding hydrogens is 829 g/mol. The van der Waals surface area contributed by atoms with Crippen LogP contribution in [0.5, 0.6) is 5.75 Å². The highest BCUT2D eigenvalue weighted by molar-refractivity contribution is 6.12. The Morgan fingerprint density at radius 3 is 2.27 bits per heavy atom. The van der Waals surface area contributed by atoms with E-state index in [2.05, 4.69) is 49.4 Å². The van der Waals surface area contributed by atoms with Gasteiger partial charge in [0.2, 0.25) is 11.8 Å². The van der Waals surface area contributed by atoms with Crippen molar-refractivity contribution in [1.29, 1.82) is 0 Å². The van der Waals surface area contributed by atoms with Gasteiger partial charge in [0, 0.05) is 17.8 Å². The Bertz CT molecular complexity index is 2920. The van der Waals surface area contributed by atoms with Gasteiger partial charge in [-0.25, -0.2) is 4.98 Å². The highest BCUT2D eigenvalue weighted by Crippen LogP contribution is 2.64. The predicted octanol–water partition coefficient (Wildman–Crippen LogP) is 7.00. The number of nitrogens with one attached hydrogen (secondary N) is 3. The van der Waals surface area contributed by atoms with Crippen molar-refractivity contribution in [2.24, 2.45) is 5.92 Å². The molecule has 6 aromatic carbocycles. The van der Waals surface area contributed by atoms with E-state index in [0.717, 1.165) is 28.7 Å². The first-order valence-corrected chi connectivity index (χ1v) is 22.1. The van der Waals surface area contributed by atoms with Crippen LogP contribution in [0.25, 0.3) is 11.0 Å². The maximum atomic E-state index is 15.6. The van der Waals surface area contributed by atoms with Gasteiger partial charge in [-0.1, -0.05) is 127 Å². The van der Waals surface area contributed by atoms with Crippen molar-refractivity contribution in [1.82, 2.24) is 25.1 Å². The number of carbonyl (C=O) groups excluding carboxylic acids is 3. The Kier molecular flexibility index (Phi) is 11.7. The van der Waals surface area contributed by atoms with Gasteiger partial charge < -0.3 is 30.2 Å². The summed E-state index contributed by atoms with van der Waals surface area (Å²) in [5.74, 6) is 4.84. The number of anilines is 1. The number of nitrogens with zero attached hydrogens (tertiary/aromatic N) is 3. The first kappa shape index (κ1) is 42.4. The van der Waals surface area contributed by atoms with E-state index in [4.69, 9.17) is 14.5 Å². The summed E-state index contributed by atoms with van der Waals surface area (Å²) in [5.41, 5.74) is 5.04. The Hall–Kier alpha value is -7.56. The predicted molar refractivity (Wildman–Crippen MR) is 250 cm³/mol. The molecule has 3 aliphatic heterocycles. The average Bonchev–Trinajstić information content (AvgIpc) is 4.01. The second-order valence-electron chi connectivity index (χ2n) is 17.0. The fraction of sp³-hybridized carbons (Fsp3) is 0.222. The van der Waals surface area contributed by atoms with Crippen LogP contribution in [-0.2, 0) is 37.6 Å². The van der Waals surface area contributed by atoms with Crippen molar-refractivity contribution in [3.05, 3.63) is 197 Å². The van der Waals surface area contributed by atoms with Crippen molar-refractivity contribution in [3.8, 4) is 17.6 Å². The average molecular weight is 877 g/mol. The summed E-state index contributed by atoms with van der Waals surface area (Å²) >= 11 is 0. The van der Waals surface area contributed by atoms with Crippen LogP contribution in [-0.4, -0.2) is 75.5 Å². The Labute approximate surface area is 382 Å². The zero-order valence-corrected chi connectivity index (χ0v) is 36.3. The van der Waals surface area contributed by atoms with Gasteiger partial charge in [-0.15, -0.1) is 0 Å². The monoisotopic (exact) mass is 876 g/mol. The molecule has 12 heteroatoms. The fourth-order valence-corrected chi connectivity index (χ4v) is 10.2. The van der Waals surface area contributed by atoms with Gasteiger partial charge in [-0.3, -0.25) is 24.2 Å². The normalized spacial score (nSPS) is 22.0. The van der Waals surface area contributed by atoms with Crippen LogP contribution < -0.4 is 15.4 Å². The molecule has 0 saturated carbocycles. The van der Waals surface area contributed by atoms with E-state index in [9.17, 15) is 5.11 Å². The number of hydrogen-bond donors (Lipinski definition) is 4. The molecule has 66 heavy (non-hydrogen) atoms. The molecular formula is C54H48N6O6. The number of morpholine rings is 1. The SMILES string of the molecule is CN(CC#Cc1ccc2c(c1)C1(C(=O)N2)C(C(=O)NCc2nc3ccccc3[nH]2)C2C(=O)OC(c3ccccc3)C(c3ccccc3)N2C1c1ccc(OCCO)cc1)Cc1ccccc1. The maximum absolute atomic E-state index is 15.6. The first-order valence-electron chi connectivity index (χ1n) is 22.1. The molecule has 330 valence electrons. The van der Waals surface area contributed by atoms with E-state index in [1.54, 1.807) is 12.1 Å². The van der Waals surface area contributed by atoms with Crippen LogP contribution in [0.2, 0.25) is 0 Å². The van der Waals surface area contributed by atoms with E-state index < -0.39 is 53.3 Å². The molecule has 12 nitrogen and oxygen atoms in total. The van der Waals surface area contributed by atoms with Crippen molar-refractivity contribution >= 4 is 34.5 Å². The van der Waals surface area contributed by atoms with Gasteiger partial charge >= 0.3 is 5.97 Å². The van der Waals surface area contributed by atoms with E-state index in [1.165, 1.54) is 5.56 Å². The number of esters is 1. The van der Waals surface area contributed by atoms with Gasteiger partial charge in [-0.05, 0) is 77.3 Å². The maximum Gasteiger partial charge on any atom is 0.324 e. The van der Waals surface area contributed by atoms with Gasteiger partial charge in [0.05, 0.1) is 48.7 Å². The third-order valence-corrected chi connectivity index (χ3v) is 12.9. The molecule has 4 heterocycles. The van der Waals surface area contributed by atoms with Crippen molar-refractivity contribution < 1.29 is 29.0 Å². The quantitative estimate of drug-likeness (QED) is 0.0752. The number of para-hydroxylation sites is 2. The highest BCUT2D eigenvalue weighted by Gasteiger charge is 2.74. The van der Waals surface area contributed by atoms with Crippen molar-refractivity contribution in [2.45, 2.75) is 42.7 Å². The third kappa shape index (κ3) is 7.77. The van der Waals surface area contributed by atoms with Crippen molar-refractivity contribution in [3.63, 3.8) is 0 Å². The molecule has 0 bridgehead atoms. The summed E-state index contributed by atoms with van der Waals surface area (Å²) < 4.78 is 12.4. The number of cyclic esters (lactones) is 1. The lowest BCUT2D eigenvalue weighted by Gasteiger charge is -2.46. The lowest BCUT2D eigenvalue weighted by molar-refractivity contribution is -0.178. The number of ether oxygens (including phenoxy) is 2. The second kappa shape index (κ2) is 18.1. The van der Waals surface area contributed by atoms with Gasteiger partial charge in [0.1, 0.15) is 35.7 Å². The number of aliphatic hydroxyl groups is 1.